The lowest BCUT2D eigenvalue weighted by Crippen LogP contribution is -2.31. The summed E-state index contributed by atoms with van der Waals surface area (Å²) in [6, 6.07) is 6.98. The lowest BCUT2D eigenvalue weighted by molar-refractivity contribution is -0.159. The summed E-state index contributed by atoms with van der Waals surface area (Å²) in [5, 5.41) is 3.17. The van der Waals surface area contributed by atoms with Crippen LogP contribution in [0.5, 0.6) is 5.75 Å². The van der Waals surface area contributed by atoms with E-state index in [1.165, 1.54) is 18.3 Å². The van der Waals surface area contributed by atoms with Gasteiger partial charge >= 0.3 is 12.1 Å². The molecule has 0 spiro atoms. The van der Waals surface area contributed by atoms with E-state index in [2.05, 4.69) is 19.6 Å². The lowest BCUT2D eigenvalue weighted by Gasteiger charge is -2.17. The summed E-state index contributed by atoms with van der Waals surface area (Å²) in [5.41, 5.74) is 0.216. The minimum atomic E-state index is -4.81. The Kier molecular flexibility index (Phi) is 5.10. The zero-order chi connectivity index (χ0) is 21.3. The summed E-state index contributed by atoms with van der Waals surface area (Å²) in [4.78, 5) is 21.1. The van der Waals surface area contributed by atoms with Crippen molar-refractivity contribution in [3.8, 4) is 17.1 Å². The van der Waals surface area contributed by atoms with Crippen LogP contribution in [0.1, 0.15) is 22.7 Å². The fraction of sp³-hybridized carbons (Fsp3) is 0.263. The first kappa shape index (κ1) is 19.8. The minimum Gasteiger partial charge on any atom is -0.488 e. The summed E-state index contributed by atoms with van der Waals surface area (Å²) in [5.74, 6) is -2.92. The highest BCUT2D eigenvalue weighted by Crippen LogP contribution is 2.31. The molecule has 4 rings (SSSR count). The number of nitrogens with zero attached hydrogens (tertiary/aromatic N) is 4. The Labute approximate surface area is 167 Å². The van der Waals surface area contributed by atoms with Gasteiger partial charge in [-0.2, -0.15) is 18.2 Å². The zero-order valence-electron chi connectivity index (χ0n) is 15.3. The van der Waals surface area contributed by atoms with Crippen LogP contribution in [0.15, 0.2) is 47.2 Å². The summed E-state index contributed by atoms with van der Waals surface area (Å²) >= 11 is 0. The molecule has 1 aliphatic heterocycles. The van der Waals surface area contributed by atoms with Gasteiger partial charge in [0.25, 0.3) is 5.91 Å². The van der Waals surface area contributed by atoms with Crippen molar-refractivity contribution >= 4 is 5.91 Å². The Morgan fingerprint density at radius 1 is 1.27 bits per heavy atom. The number of aromatic nitrogens is 3. The first-order valence-electron chi connectivity index (χ1n) is 8.88. The van der Waals surface area contributed by atoms with E-state index in [1.807, 2.05) is 0 Å². The molecule has 11 heteroatoms. The van der Waals surface area contributed by atoms with Crippen LogP contribution in [0.4, 0.5) is 17.6 Å². The van der Waals surface area contributed by atoms with Crippen LogP contribution in [0.3, 0.4) is 0 Å². The fourth-order valence-corrected chi connectivity index (χ4v) is 3.07. The maximum Gasteiger partial charge on any atom is 0.471 e. The summed E-state index contributed by atoms with van der Waals surface area (Å²) in [6.07, 6.45) is -1.56. The number of hydrogen-bond acceptors (Lipinski definition) is 6. The Bertz CT molecular complexity index is 1060. The number of alkyl halides is 3. The van der Waals surface area contributed by atoms with Crippen LogP contribution in [-0.4, -0.2) is 45.1 Å². The molecule has 0 saturated carbocycles. The number of amides is 1. The van der Waals surface area contributed by atoms with Crippen LogP contribution < -0.4 is 4.74 Å². The van der Waals surface area contributed by atoms with E-state index in [4.69, 9.17) is 4.74 Å². The number of hydrogen-bond donors (Lipinski definition) is 0. The molecule has 0 aliphatic carbocycles. The highest BCUT2D eigenvalue weighted by molar-refractivity contribution is 5.94. The second kappa shape index (κ2) is 7.73. The van der Waals surface area contributed by atoms with Crippen LogP contribution in [0.2, 0.25) is 0 Å². The van der Waals surface area contributed by atoms with Crippen LogP contribution >= 0.6 is 0 Å². The molecule has 2 aromatic heterocycles. The number of carbonyl (C=O) groups excluding carboxylic acids is 1. The van der Waals surface area contributed by atoms with Gasteiger partial charge in [0.15, 0.2) is 0 Å². The van der Waals surface area contributed by atoms with Crippen LogP contribution in [-0.2, 0) is 6.18 Å². The number of ether oxygens (including phenoxy) is 1. The number of benzene rings is 1. The second-order valence-corrected chi connectivity index (χ2v) is 6.58. The molecule has 1 aliphatic rings. The molecule has 1 unspecified atom stereocenters. The van der Waals surface area contributed by atoms with E-state index < -0.39 is 23.7 Å². The third kappa shape index (κ3) is 4.09. The SMILES string of the molecule is O=C(c1cccnc1)N1CCC(Oc2ccc(-c3noc(C(F)(F)F)n3)c(F)c2)C1. The number of halogens is 4. The van der Waals surface area contributed by atoms with Crippen molar-refractivity contribution in [1.29, 1.82) is 0 Å². The maximum atomic E-state index is 14.4. The minimum absolute atomic E-state index is 0.173. The first-order chi connectivity index (χ1) is 14.3. The number of pyridine rings is 1. The smallest absolute Gasteiger partial charge is 0.471 e. The van der Waals surface area contributed by atoms with Gasteiger partial charge in [-0.15, -0.1) is 0 Å². The van der Waals surface area contributed by atoms with Crippen molar-refractivity contribution in [3.63, 3.8) is 0 Å². The molecular formula is C19H14F4N4O3. The molecule has 1 amide bonds. The van der Waals surface area contributed by atoms with Gasteiger partial charge in [0, 0.05) is 31.4 Å². The molecule has 1 aromatic carbocycles. The van der Waals surface area contributed by atoms with Gasteiger partial charge in [0.2, 0.25) is 5.82 Å². The molecule has 3 heterocycles. The molecule has 1 fully saturated rings. The third-order valence-electron chi connectivity index (χ3n) is 4.49. The summed E-state index contributed by atoms with van der Waals surface area (Å²) in [7, 11) is 0. The van der Waals surface area contributed by atoms with E-state index in [9.17, 15) is 22.4 Å². The van der Waals surface area contributed by atoms with E-state index in [0.29, 0.717) is 25.1 Å². The van der Waals surface area contributed by atoms with E-state index in [0.717, 1.165) is 6.07 Å². The average molecular weight is 422 g/mol. The molecule has 0 radical (unpaired) electrons. The van der Waals surface area contributed by atoms with E-state index in [1.54, 1.807) is 23.2 Å². The van der Waals surface area contributed by atoms with Crippen molar-refractivity contribution in [2.75, 3.05) is 13.1 Å². The first-order valence-corrected chi connectivity index (χ1v) is 8.88. The van der Waals surface area contributed by atoms with Gasteiger partial charge < -0.3 is 14.2 Å². The van der Waals surface area contributed by atoms with Gasteiger partial charge in [-0.05, 0) is 24.3 Å². The Hall–Kier alpha value is -3.50. The molecule has 30 heavy (non-hydrogen) atoms. The number of rotatable bonds is 4. The maximum absolute atomic E-state index is 14.4. The average Bonchev–Trinajstić information content (AvgIpc) is 3.38. The van der Waals surface area contributed by atoms with Gasteiger partial charge in [-0.1, -0.05) is 5.16 Å². The van der Waals surface area contributed by atoms with Gasteiger partial charge in [0.05, 0.1) is 17.7 Å². The summed E-state index contributed by atoms with van der Waals surface area (Å²) < 4.78 is 61.9. The van der Waals surface area contributed by atoms with E-state index >= 15 is 0 Å². The second-order valence-electron chi connectivity index (χ2n) is 6.58. The normalized spacial score (nSPS) is 16.7. The fourth-order valence-electron chi connectivity index (χ4n) is 3.07. The van der Waals surface area contributed by atoms with Gasteiger partial charge in [-0.3, -0.25) is 9.78 Å². The quantitative estimate of drug-likeness (QED) is 0.598. The Morgan fingerprint density at radius 2 is 2.10 bits per heavy atom. The molecule has 1 atom stereocenters. The van der Waals surface area contributed by atoms with Crippen molar-refractivity contribution in [2.45, 2.75) is 18.7 Å². The lowest BCUT2D eigenvalue weighted by atomic mass is 10.2. The largest absolute Gasteiger partial charge is 0.488 e. The molecule has 0 bridgehead atoms. The predicted molar refractivity (Wildman–Crippen MR) is 93.9 cm³/mol. The molecule has 0 N–H and O–H groups in total. The highest BCUT2D eigenvalue weighted by atomic mass is 19.4. The van der Waals surface area contributed by atoms with Gasteiger partial charge in [-0.25, -0.2) is 4.39 Å². The van der Waals surface area contributed by atoms with Crippen molar-refractivity contribution in [3.05, 3.63) is 60.0 Å². The van der Waals surface area contributed by atoms with Crippen molar-refractivity contribution in [1.82, 2.24) is 20.0 Å². The molecule has 3 aromatic rings. The van der Waals surface area contributed by atoms with Gasteiger partial charge in [0.1, 0.15) is 17.7 Å². The molecular weight excluding hydrogens is 408 g/mol. The zero-order valence-corrected chi connectivity index (χ0v) is 15.3. The Balaban J connectivity index is 1.42. The standard InChI is InChI=1S/C19H14F4N4O3/c20-15-8-12(3-4-14(15)16-25-18(30-26-16)19(21,22)23)29-13-5-7-27(10-13)17(28)11-2-1-6-24-9-11/h1-4,6,8-9,13H,5,7,10H2. The van der Waals surface area contributed by atoms with Crippen molar-refractivity contribution in [2.24, 2.45) is 0 Å². The van der Waals surface area contributed by atoms with Crippen molar-refractivity contribution < 1.29 is 31.6 Å². The monoisotopic (exact) mass is 422 g/mol. The molecule has 1 saturated heterocycles. The number of carbonyl (C=O) groups is 1. The van der Waals surface area contributed by atoms with E-state index in [-0.39, 0.29) is 23.3 Å². The molecule has 7 nitrogen and oxygen atoms in total. The van der Waals surface area contributed by atoms with Crippen LogP contribution in [0, 0.1) is 5.82 Å². The highest BCUT2D eigenvalue weighted by Gasteiger charge is 2.38. The van der Waals surface area contributed by atoms with Crippen LogP contribution in [0.25, 0.3) is 11.4 Å². The summed E-state index contributed by atoms with van der Waals surface area (Å²) in [6.45, 7) is 0.791. The predicted octanol–water partition coefficient (Wildman–Crippen LogP) is 3.58. The molecule has 156 valence electrons. The topological polar surface area (TPSA) is 81.4 Å². The third-order valence-corrected chi connectivity index (χ3v) is 4.49. The Morgan fingerprint density at radius 3 is 2.77 bits per heavy atom. The number of likely N-dealkylation sites (tertiary alicyclic amines) is 1.